The van der Waals surface area contributed by atoms with Gasteiger partial charge in [-0.1, -0.05) is 36.4 Å². The molecule has 0 saturated carbocycles. The van der Waals surface area contributed by atoms with E-state index in [1.165, 1.54) is 27.2 Å². The Hall–Kier alpha value is -2.49. The maximum atomic E-state index is 13.0. The summed E-state index contributed by atoms with van der Waals surface area (Å²) >= 11 is 1.21. The van der Waals surface area contributed by atoms with Crippen molar-refractivity contribution in [1.29, 1.82) is 0 Å². The van der Waals surface area contributed by atoms with Crippen molar-refractivity contribution in [2.45, 2.75) is 60.8 Å². The molecule has 5 rings (SSSR count). The lowest BCUT2D eigenvalue weighted by molar-refractivity contribution is 0.0993. The molecule has 1 aromatic heterocycles. The highest BCUT2D eigenvalue weighted by molar-refractivity contribution is 8.00. The summed E-state index contributed by atoms with van der Waals surface area (Å²) in [7, 11) is -3.56. The fourth-order valence-electron chi connectivity index (χ4n) is 4.58. The summed E-state index contributed by atoms with van der Waals surface area (Å²) in [5.74, 6) is 0.254. The number of fused-ring (bicyclic) bond motifs is 1. The highest BCUT2D eigenvalue weighted by Crippen LogP contribution is 2.31. The van der Waals surface area contributed by atoms with Gasteiger partial charge in [-0.3, -0.25) is 4.79 Å². The SMILES string of the molecule is C[C@H](Sc1nnc(-c2cccc(S(=O)(=O)N3CCCCC3)c2)o1)C(=O)c1ccc2c(c1)CCC2. The summed E-state index contributed by atoms with van der Waals surface area (Å²) in [5.41, 5.74) is 3.84. The number of carbonyl (C=O) groups is 1. The summed E-state index contributed by atoms with van der Waals surface area (Å²) in [6, 6.07) is 12.6. The Kier molecular flexibility index (Phi) is 6.59. The average molecular weight is 498 g/mol. The van der Waals surface area contributed by atoms with Crippen LogP contribution in [-0.2, 0) is 22.9 Å². The maximum Gasteiger partial charge on any atom is 0.277 e. The van der Waals surface area contributed by atoms with Gasteiger partial charge < -0.3 is 4.42 Å². The zero-order chi connectivity index (χ0) is 23.7. The largest absolute Gasteiger partial charge is 0.411 e. The van der Waals surface area contributed by atoms with Crippen LogP contribution in [0.25, 0.3) is 11.5 Å². The molecule has 1 atom stereocenters. The number of rotatable bonds is 7. The zero-order valence-electron chi connectivity index (χ0n) is 19.1. The summed E-state index contributed by atoms with van der Waals surface area (Å²) in [6.45, 7) is 2.92. The number of sulfonamides is 1. The van der Waals surface area contributed by atoms with Crippen molar-refractivity contribution in [3.05, 3.63) is 59.2 Å². The van der Waals surface area contributed by atoms with Gasteiger partial charge in [-0.15, -0.1) is 10.2 Å². The van der Waals surface area contributed by atoms with E-state index in [1.807, 2.05) is 19.1 Å². The molecule has 0 radical (unpaired) electrons. The van der Waals surface area contributed by atoms with Crippen molar-refractivity contribution in [2.75, 3.05) is 13.1 Å². The molecule has 7 nitrogen and oxygen atoms in total. The van der Waals surface area contributed by atoms with Gasteiger partial charge in [-0.05, 0) is 74.4 Å². The molecule has 0 spiro atoms. The predicted molar refractivity (Wildman–Crippen MR) is 130 cm³/mol. The second kappa shape index (κ2) is 9.64. The topological polar surface area (TPSA) is 93.4 Å². The van der Waals surface area contributed by atoms with E-state index >= 15 is 0 Å². The number of hydrogen-bond donors (Lipinski definition) is 0. The van der Waals surface area contributed by atoms with Crippen LogP contribution in [0.5, 0.6) is 0 Å². The van der Waals surface area contributed by atoms with Gasteiger partial charge in [0.05, 0.1) is 10.1 Å². The Morgan fingerprint density at radius 1 is 1.00 bits per heavy atom. The van der Waals surface area contributed by atoms with E-state index in [4.69, 9.17) is 4.42 Å². The van der Waals surface area contributed by atoms with Crippen LogP contribution in [0, 0.1) is 0 Å². The molecule has 1 fully saturated rings. The van der Waals surface area contributed by atoms with Crippen molar-refractivity contribution < 1.29 is 17.6 Å². The number of benzene rings is 2. The molecule has 2 heterocycles. The van der Waals surface area contributed by atoms with Crippen molar-refractivity contribution >= 4 is 27.6 Å². The lowest BCUT2D eigenvalue weighted by Crippen LogP contribution is -2.35. The fourth-order valence-corrected chi connectivity index (χ4v) is 6.91. The second-order valence-electron chi connectivity index (χ2n) is 8.83. The summed E-state index contributed by atoms with van der Waals surface area (Å²) < 4.78 is 33.4. The van der Waals surface area contributed by atoms with Crippen LogP contribution < -0.4 is 0 Å². The lowest BCUT2D eigenvalue weighted by atomic mass is 10.0. The minimum absolute atomic E-state index is 0.0223. The van der Waals surface area contributed by atoms with Gasteiger partial charge in [0.2, 0.25) is 15.9 Å². The van der Waals surface area contributed by atoms with Crippen LogP contribution in [-0.4, -0.2) is 47.0 Å². The highest BCUT2D eigenvalue weighted by atomic mass is 32.2. The Balaban J connectivity index is 1.30. The molecule has 2 aliphatic rings. The van der Waals surface area contributed by atoms with Gasteiger partial charge in [0, 0.05) is 24.2 Å². The monoisotopic (exact) mass is 497 g/mol. The number of carbonyl (C=O) groups excluding carboxylic acids is 1. The minimum atomic E-state index is -3.56. The maximum absolute atomic E-state index is 13.0. The van der Waals surface area contributed by atoms with Crippen LogP contribution in [0.15, 0.2) is 57.0 Å². The van der Waals surface area contributed by atoms with E-state index in [1.54, 1.807) is 24.3 Å². The molecule has 0 unspecified atom stereocenters. The zero-order valence-corrected chi connectivity index (χ0v) is 20.7. The van der Waals surface area contributed by atoms with Gasteiger partial charge in [0.1, 0.15) is 0 Å². The van der Waals surface area contributed by atoms with Gasteiger partial charge in [-0.2, -0.15) is 4.31 Å². The third-order valence-corrected chi connectivity index (χ3v) is 9.30. The number of aryl methyl sites for hydroxylation is 2. The van der Waals surface area contributed by atoms with E-state index < -0.39 is 15.3 Å². The number of aromatic nitrogens is 2. The Morgan fingerprint density at radius 3 is 2.62 bits per heavy atom. The van der Waals surface area contributed by atoms with Gasteiger partial charge in [0.15, 0.2) is 5.78 Å². The molecule has 3 aromatic rings. The van der Waals surface area contributed by atoms with Crippen LogP contribution in [0.2, 0.25) is 0 Å². The van der Waals surface area contributed by atoms with E-state index in [-0.39, 0.29) is 21.8 Å². The molecule has 2 aromatic carbocycles. The van der Waals surface area contributed by atoms with Crippen molar-refractivity contribution in [3.63, 3.8) is 0 Å². The third-order valence-electron chi connectivity index (χ3n) is 6.47. The predicted octanol–water partition coefficient (Wildman–Crippen LogP) is 4.76. The molecule has 0 N–H and O–H groups in total. The second-order valence-corrected chi connectivity index (χ2v) is 12.1. The van der Waals surface area contributed by atoms with Gasteiger partial charge in [0.25, 0.3) is 5.22 Å². The Labute approximate surface area is 204 Å². The number of hydrogen-bond acceptors (Lipinski definition) is 7. The first kappa shape index (κ1) is 23.3. The minimum Gasteiger partial charge on any atom is -0.411 e. The van der Waals surface area contributed by atoms with Crippen LogP contribution in [0.1, 0.15) is 54.1 Å². The average Bonchev–Trinajstić information content (AvgIpc) is 3.53. The first-order valence-electron chi connectivity index (χ1n) is 11.7. The summed E-state index contributed by atoms with van der Waals surface area (Å²) in [6.07, 6.45) is 6.07. The number of Topliss-reactive ketones (excluding diaryl/α,β-unsaturated/α-hetero) is 1. The Morgan fingerprint density at radius 2 is 1.79 bits per heavy atom. The number of ketones is 1. The summed E-state index contributed by atoms with van der Waals surface area (Å²) in [4.78, 5) is 13.2. The van der Waals surface area contributed by atoms with Crippen molar-refractivity contribution in [1.82, 2.24) is 14.5 Å². The van der Waals surface area contributed by atoms with Gasteiger partial charge in [-0.25, -0.2) is 8.42 Å². The molecule has 1 saturated heterocycles. The fraction of sp³-hybridized carbons (Fsp3) is 0.400. The van der Waals surface area contributed by atoms with E-state index in [9.17, 15) is 13.2 Å². The first-order chi connectivity index (χ1) is 16.4. The quantitative estimate of drug-likeness (QED) is 0.343. The molecule has 34 heavy (non-hydrogen) atoms. The highest BCUT2D eigenvalue weighted by Gasteiger charge is 2.27. The first-order valence-corrected chi connectivity index (χ1v) is 14.0. The molecular weight excluding hydrogens is 470 g/mol. The lowest BCUT2D eigenvalue weighted by Gasteiger charge is -2.25. The molecule has 178 valence electrons. The third kappa shape index (κ3) is 4.69. The van der Waals surface area contributed by atoms with Crippen LogP contribution in [0.3, 0.4) is 0 Å². The van der Waals surface area contributed by atoms with E-state index in [0.29, 0.717) is 24.2 Å². The standard InChI is InChI=1S/C25H27N3O4S2/c1-17(23(29)20-12-11-18-7-5-8-19(18)15-20)33-25-27-26-24(32-25)21-9-6-10-22(16-21)34(30,31)28-13-3-2-4-14-28/h6,9-12,15-17H,2-5,7-8,13-14H2,1H3/t17-/m0/s1. The number of thioether (sulfide) groups is 1. The van der Waals surface area contributed by atoms with Gasteiger partial charge >= 0.3 is 0 Å². The molecule has 0 amide bonds. The van der Waals surface area contributed by atoms with Crippen LogP contribution >= 0.6 is 11.8 Å². The number of nitrogens with zero attached hydrogens (tertiary/aromatic N) is 3. The Bertz CT molecular complexity index is 1310. The van der Waals surface area contributed by atoms with E-state index in [0.717, 1.165) is 38.5 Å². The normalized spacial score (nSPS) is 17.4. The molecule has 1 aliphatic heterocycles. The van der Waals surface area contributed by atoms with E-state index in [2.05, 4.69) is 16.3 Å². The smallest absolute Gasteiger partial charge is 0.277 e. The number of piperidine rings is 1. The molecule has 0 bridgehead atoms. The van der Waals surface area contributed by atoms with Crippen molar-refractivity contribution in [2.24, 2.45) is 0 Å². The molecule has 1 aliphatic carbocycles. The van der Waals surface area contributed by atoms with Crippen molar-refractivity contribution in [3.8, 4) is 11.5 Å². The molecule has 9 heteroatoms. The van der Waals surface area contributed by atoms with Crippen LogP contribution in [0.4, 0.5) is 0 Å². The molecular formula is C25H27N3O4S2. The summed E-state index contributed by atoms with van der Waals surface area (Å²) in [5, 5.41) is 8.07.